The second-order valence-electron chi connectivity index (χ2n) is 7.88. The molecule has 2 rings (SSSR count). The minimum atomic E-state index is -0.632. The summed E-state index contributed by atoms with van der Waals surface area (Å²) in [4.78, 5) is 6.79. The second-order valence-corrected chi connectivity index (χ2v) is 7.88. The lowest BCUT2D eigenvalue weighted by molar-refractivity contribution is 0.180. The highest BCUT2D eigenvalue weighted by Gasteiger charge is 2.09. The van der Waals surface area contributed by atoms with Crippen LogP contribution in [0.25, 0.3) is 0 Å². The maximum atomic E-state index is 10.5. The fourth-order valence-electron chi connectivity index (χ4n) is 2.98. The van der Waals surface area contributed by atoms with E-state index in [4.69, 9.17) is 4.74 Å². The molecule has 7 heteroatoms. The van der Waals surface area contributed by atoms with Gasteiger partial charge in [0.15, 0.2) is 5.96 Å². The van der Waals surface area contributed by atoms with Crippen LogP contribution in [0.2, 0.25) is 0 Å². The largest absolute Gasteiger partial charge is 0.491 e. The van der Waals surface area contributed by atoms with Gasteiger partial charge in [-0.15, -0.1) is 24.0 Å². The van der Waals surface area contributed by atoms with Crippen molar-refractivity contribution in [3.63, 3.8) is 0 Å². The first-order valence-electron chi connectivity index (χ1n) is 10.6. The Morgan fingerprint density at radius 1 is 1.00 bits per heavy atom. The molecule has 2 aromatic rings. The first-order chi connectivity index (χ1) is 14.4. The summed E-state index contributed by atoms with van der Waals surface area (Å²) < 4.78 is 5.65. The third-order valence-corrected chi connectivity index (χ3v) is 4.39. The summed E-state index contributed by atoms with van der Waals surface area (Å²) in [6.45, 7) is 8.64. The highest BCUT2D eigenvalue weighted by Crippen LogP contribution is 2.18. The quantitative estimate of drug-likeness (QED) is 0.242. The van der Waals surface area contributed by atoms with E-state index >= 15 is 0 Å². The second kappa shape index (κ2) is 14.3. The highest BCUT2D eigenvalue weighted by molar-refractivity contribution is 14.0. The summed E-state index contributed by atoms with van der Waals surface area (Å²) in [5, 5.41) is 17.0. The fourth-order valence-corrected chi connectivity index (χ4v) is 2.98. The van der Waals surface area contributed by atoms with Gasteiger partial charge in [-0.2, -0.15) is 0 Å². The van der Waals surface area contributed by atoms with E-state index in [1.165, 1.54) is 5.56 Å². The number of aliphatic imine (C=N–C) groups is 1. The number of rotatable bonds is 10. The van der Waals surface area contributed by atoms with Gasteiger partial charge in [-0.05, 0) is 63.7 Å². The molecule has 6 nitrogen and oxygen atoms in total. The Bertz CT molecular complexity index is 777. The Kier molecular flexibility index (Phi) is 12.5. The molecule has 0 saturated heterocycles. The van der Waals surface area contributed by atoms with Crippen LogP contribution in [0.1, 0.15) is 43.6 Å². The number of benzene rings is 2. The van der Waals surface area contributed by atoms with Crippen molar-refractivity contribution in [2.75, 3.05) is 27.2 Å². The van der Waals surface area contributed by atoms with Gasteiger partial charge in [-0.25, -0.2) is 4.99 Å². The first kappa shape index (κ1) is 27.2. The van der Waals surface area contributed by atoms with Gasteiger partial charge >= 0.3 is 0 Å². The molecule has 0 aliphatic carbocycles. The van der Waals surface area contributed by atoms with Gasteiger partial charge in [0.1, 0.15) is 5.75 Å². The summed E-state index contributed by atoms with van der Waals surface area (Å²) in [6, 6.07) is 16.1. The van der Waals surface area contributed by atoms with E-state index in [1.54, 1.807) is 0 Å². The van der Waals surface area contributed by atoms with Gasteiger partial charge in [-0.3, -0.25) is 0 Å². The van der Waals surface area contributed by atoms with Crippen molar-refractivity contribution in [1.82, 2.24) is 15.5 Å². The lowest BCUT2D eigenvalue weighted by Gasteiger charge is -2.16. The van der Waals surface area contributed by atoms with E-state index in [1.807, 2.05) is 45.0 Å². The van der Waals surface area contributed by atoms with Crippen molar-refractivity contribution in [3.05, 3.63) is 65.2 Å². The van der Waals surface area contributed by atoms with Crippen molar-refractivity contribution in [2.45, 2.75) is 46.1 Å². The van der Waals surface area contributed by atoms with Gasteiger partial charge in [0.2, 0.25) is 0 Å². The van der Waals surface area contributed by atoms with Crippen molar-refractivity contribution < 1.29 is 9.84 Å². The predicted octanol–water partition coefficient (Wildman–Crippen LogP) is 3.94. The Morgan fingerprint density at radius 2 is 1.61 bits per heavy atom. The highest BCUT2D eigenvalue weighted by atomic mass is 127. The van der Waals surface area contributed by atoms with E-state index in [-0.39, 0.29) is 30.1 Å². The number of ether oxygens (including phenoxy) is 1. The van der Waals surface area contributed by atoms with Crippen molar-refractivity contribution in [3.8, 4) is 5.75 Å². The molecule has 0 aliphatic heterocycles. The Labute approximate surface area is 204 Å². The number of nitrogens with one attached hydrogen (secondary N) is 2. The first-order valence-corrected chi connectivity index (χ1v) is 10.6. The standard InChI is InChI=1S/C24H36N4O2.HI/c1-6-25-24(26-15-19-7-9-20(10-8-19)17-28(4)5)27-16-23(29)21-11-13-22(14-12-21)30-18(2)3;/h7-14,18,23,29H,6,15-17H2,1-5H3,(H2,25,26,27);1H. The summed E-state index contributed by atoms with van der Waals surface area (Å²) in [6.07, 6.45) is -0.502. The molecule has 0 fully saturated rings. The topological polar surface area (TPSA) is 69.1 Å². The SMILES string of the molecule is CCNC(=NCc1ccc(CN(C)C)cc1)NCC(O)c1ccc(OC(C)C)cc1.I. The van der Waals surface area contributed by atoms with Gasteiger partial charge in [0.05, 0.1) is 18.8 Å². The van der Waals surface area contributed by atoms with Crippen molar-refractivity contribution in [1.29, 1.82) is 0 Å². The molecule has 172 valence electrons. The van der Waals surface area contributed by atoms with Gasteiger partial charge < -0.3 is 25.4 Å². The van der Waals surface area contributed by atoms with Crippen LogP contribution in [0.4, 0.5) is 0 Å². The lowest BCUT2D eigenvalue weighted by Crippen LogP contribution is -2.39. The minimum Gasteiger partial charge on any atom is -0.491 e. The Hall–Kier alpha value is -1.84. The Balaban J connectivity index is 0.00000480. The zero-order valence-electron chi connectivity index (χ0n) is 19.3. The molecular formula is C24H37IN4O2. The van der Waals surface area contributed by atoms with Gasteiger partial charge in [-0.1, -0.05) is 36.4 Å². The molecule has 0 saturated carbocycles. The molecule has 0 aliphatic rings. The third kappa shape index (κ3) is 10.3. The number of hydrogen-bond acceptors (Lipinski definition) is 4. The molecule has 0 spiro atoms. The average Bonchev–Trinajstić information content (AvgIpc) is 2.70. The number of hydrogen-bond donors (Lipinski definition) is 3. The van der Waals surface area contributed by atoms with Crippen LogP contribution >= 0.6 is 24.0 Å². The number of aliphatic hydroxyl groups is 1. The Morgan fingerprint density at radius 3 is 2.16 bits per heavy atom. The molecule has 0 amide bonds. The van der Waals surface area contributed by atoms with Crippen LogP contribution in [-0.2, 0) is 13.1 Å². The number of halogens is 1. The molecule has 0 bridgehead atoms. The number of guanidine groups is 1. The fraction of sp³-hybridized carbons (Fsp3) is 0.458. The van der Waals surface area contributed by atoms with Crippen molar-refractivity contribution in [2.24, 2.45) is 4.99 Å². The smallest absolute Gasteiger partial charge is 0.191 e. The molecule has 0 aromatic heterocycles. The van der Waals surface area contributed by atoms with E-state index in [0.717, 1.165) is 30.0 Å². The molecule has 1 atom stereocenters. The maximum absolute atomic E-state index is 10.5. The molecular weight excluding hydrogens is 503 g/mol. The molecule has 1 unspecified atom stereocenters. The summed E-state index contributed by atoms with van der Waals surface area (Å²) in [7, 11) is 4.13. The van der Waals surface area contributed by atoms with Crippen LogP contribution in [0, 0.1) is 0 Å². The van der Waals surface area contributed by atoms with Gasteiger partial charge in [0, 0.05) is 19.6 Å². The lowest BCUT2D eigenvalue weighted by atomic mass is 10.1. The zero-order chi connectivity index (χ0) is 21.9. The molecule has 0 radical (unpaired) electrons. The van der Waals surface area contributed by atoms with Crippen LogP contribution in [-0.4, -0.2) is 49.3 Å². The molecule has 2 aromatic carbocycles. The van der Waals surface area contributed by atoms with Crippen LogP contribution in [0.3, 0.4) is 0 Å². The van der Waals surface area contributed by atoms with E-state index in [0.29, 0.717) is 19.0 Å². The third-order valence-electron chi connectivity index (χ3n) is 4.39. The summed E-state index contributed by atoms with van der Waals surface area (Å²) in [5.41, 5.74) is 3.27. The maximum Gasteiger partial charge on any atom is 0.191 e. The van der Waals surface area contributed by atoms with Crippen molar-refractivity contribution >= 4 is 29.9 Å². The number of nitrogens with zero attached hydrogens (tertiary/aromatic N) is 2. The molecule has 31 heavy (non-hydrogen) atoms. The van der Waals surface area contributed by atoms with Crippen LogP contribution in [0.5, 0.6) is 5.75 Å². The average molecular weight is 540 g/mol. The molecule has 3 N–H and O–H groups in total. The minimum absolute atomic E-state index is 0. The summed E-state index contributed by atoms with van der Waals surface area (Å²) >= 11 is 0. The van der Waals surface area contributed by atoms with Gasteiger partial charge in [0.25, 0.3) is 0 Å². The zero-order valence-corrected chi connectivity index (χ0v) is 21.6. The normalized spacial score (nSPS) is 12.5. The molecule has 0 heterocycles. The summed E-state index contributed by atoms with van der Waals surface area (Å²) in [5.74, 6) is 1.49. The van der Waals surface area contributed by atoms with Crippen LogP contribution in [0.15, 0.2) is 53.5 Å². The van der Waals surface area contributed by atoms with E-state index < -0.39 is 6.10 Å². The van der Waals surface area contributed by atoms with Crippen LogP contribution < -0.4 is 15.4 Å². The predicted molar refractivity (Wildman–Crippen MR) is 139 cm³/mol. The van der Waals surface area contributed by atoms with E-state index in [2.05, 4.69) is 58.9 Å². The number of aliphatic hydroxyl groups excluding tert-OH is 1. The van der Waals surface area contributed by atoms with E-state index in [9.17, 15) is 5.11 Å². The monoisotopic (exact) mass is 540 g/mol.